The zero-order valence-electron chi connectivity index (χ0n) is 8.57. The normalized spacial score (nSPS) is 12.2. The summed E-state index contributed by atoms with van der Waals surface area (Å²) in [6, 6.07) is 5.98. The highest BCUT2D eigenvalue weighted by Crippen LogP contribution is 2.19. The van der Waals surface area contributed by atoms with E-state index in [-0.39, 0.29) is 24.1 Å². The largest absolute Gasteiger partial charge is 0.469 e. The fourth-order valence-corrected chi connectivity index (χ4v) is 1.36. The minimum absolute atomic E-state index is 0.113. The summed E-state index contributed by atoms with van der Waals surface area (Å²) in [5.41, 5.74) is 6.40. The number of benzene rings is 1. The van der Waals surface area contributed by atoms with Crippen molar-refractivity contribution in [3.63, 3.8) is 0 Å². The third-order valence-corrected chi connectivity index (χ3v) is 2.27. The summed E-state index contributed by atoms with van der Waals surface area (Å²) in [5.74, 6) is -0.722. The fourth-order valence-electron chi connectivity index (χ4n) is 1.36. The first-order valence-corrected chi connectivity index (χ1v) is 4.69. The van der Waals surface area contributed by atoms with Crippen molar-refractivity contribution in [2.75, 3.05) is 13.7 Å². The monoisotopic (exact) mass is 211 g/mol. The Morgan fingerprint density at radius 3 is 2.53 bits per heavy atom. The third-order valence-electron chi connectivity index (χ3n) is 2.27. The van der Waals surface area contributed by atoms with Crippen LogP contribution in [0.2, 0.25) is 0 Å². The van der Waals surface area contributed by atoms with Gasteiger partial charge in [-0.05, 0) is 24.2 Å². The molecule has 0 fully saturated rings. The van der Waals surface area contributed by atoms with Crippen LogP contribution in [-0.4, -0.2) is 19.6 Å². The maximum absolute atomic E-state index is 12.7. The van der Waals surface area contributed by atoms with Crippen molar-refractivity contribution in [1.82, 2.24) is 0 Å². The first kappa shape index (κ1) is 11.7. The van der Waals surface area contributed by atoms with E-state index >= 15 is 0 Å². The van der Waals surface area contributed by atoms with Crippen LogP contribution in [0.3, 0.4) is 0 Å². The smallest absolute Gasteiger partial charge is 0.306 e. The Bertz CT molecular complexity index is 324. The quantitative estimate of drug-likeness (QED) is 0.766. The van der Waals surface area contributed by atoms with E-state index in [4.69, 9.17) is 5.73 Å². The van der Waals surface area contributed by atoms with Crippen molar-refractivity contribution in [3.8, 4) is 0 Å². The fraction of sp³-hybridized carbons (Fsp3) is 0.364. The topological polar surface area (TPSA) is 52.3 Å². The predicted molar refractivity (Wildman–Crippen MR) is 54.8 cm³/mol. The molecule has 0 radical (unpaired) electrons. The number of nitrogens with two attached hydrogens (primary N) is 1. The maximum atomic E-state index is 12.7. The Hall–Kier alpha value is -1.42. The summed E-state index contributed by atoms with van der Waals surface area (Å²) < 4.78 is 17.2. The van der Waals surface area contributed by atoms with Gasteiger partial charge in [0.2, 0.25) is 0 Å². The first-order chi connectivity index (χ1) is 7.17. The minimum Gasteiger partial charge on any atom is -0.469 e. The molecule has 0 unspecified atom stereocenters. The van der Waals surface area contributed by atoms with Crippen molar-refractivity contribution >= 4 is 5.97 Å². The molecule has 0 spiro atoms. The van der Waals surface area contributed by atoms with E-state index in [2.05, 4.69) is 4.74 Å². The average Bonchev–Trinajstić information content (AvgIpc) is 2.27. The number of esters is 1. The third kappa shape index (κ3) is 3.32. The number of carbonyl (C=O) groups is 1. The highest BCUT2D eigenvalue weighted by molar-refractivity contribution is 5.70. The van der Waals surface area contributed by atoms with Gasteiger partial charge in [-0.1, -0.05) is 12.1 Å². The van der Waals surface area contributed by atoms with Gasteiger partial charge in [0.1, 0.15) is 5.82 Å². The van der Waals surface area contributed by atoms with E-state index in [1.54, 1.807) is 12.1 Å². The number of hydrogen-bond donors (Lipinski definition) is 1. The molecule has 15 heavy (non-hydrogen) atoms. The molecule has 4 heteroatoms. The van der Waals surface area contributed by atoms with Gasteiger partial charge >= 0.3 is 5.97 Å². The van der Waals surface area contributed by atoms with Crippen LogP contribution in [-0.2, 0) is 9.53 Å². The van der Waals surface area contributed by atoms with Crippen LogP contribution in [0.1, 0.15) is 17.9 Å². The van der Waals surface area contributed by atoms with Crippen molar-refractivity contribution in [2.24, 2.45) is 5.73 Å². The van der Waals surface area contributed by atoms with Gasteiger partial charge in [0.05, 0.1) is 13.5 Å². The molecule has 0 heterocycles. The molecule has 0 aliphatic rings. The Morgan fingerprint density at radius 2 is 2.07 bits per heavy atom. The number of methoxy groups -OCH3 is 1. The molecule has 1 aromatic rings. The van der Waals surface area contributed by atoms with Gasteiger partial charge in [-0.2, -0.15) is 0 Å². The molecule has 0 aliphatic carbocycles. The molecule has 0 aliphatic heterocycles. The van der Waals surface area contributed by atoms with Crippen LogP contribution in [0, 0.1) is 5.82 Å². The second-order valence-electron chi connectivity index (χ2n) is 3.26. The zero-order chi connectivity index (χ0) is 11.3. The van der Waals surface area contributed by atoms with Crippen molar-refractivity contribution in [3.05, 3.63) is 35.6 Å². The lowest BCUT2D eigenvalue weighted by Crippen LogP contribution is -2.17. The molecule has 82 valence electrons. The molecule has 1 atom stereocenters. The molecular weight excluding hydrogens is 197 g/mol. The zero-order valence-corrected chi connectivity index (χ0v) is 8.57. The van der Waals surface area contributed by atoms with E-state index in [0.717, 1.165) is 5.56 Å². The Balaban J connectivity index is 2.74. The second-order valence-corrected chi connectivity index (χ2v) is 3.26. The van der Waals surface area contributed by atoms with Gasteiger partial charge in [-0.25, -0.2) is 4.39 Å². The van der Waals surface area contributed by atoms with Crippen molar-refractivity contribution in [1.29, 1.82) is 0 Å². The van der Waals surface area contributed by atoms with E-state index in [1.807, 2.05) is 0 Å². The van der Waals surface area contributed by atoms with Gasteiger partial charge in [-0.15, -0.1) is 0 Å². The summed E-state index contributed by atoms with van der Waals surface area (Å²) in [7, 11) is 1.33. The van der Waals surface area contributed by atoms with Crippen LogP contribution in [0.25, 0.3) is 0 Å². The maximum Gasteiger partial charge on any atom is 0.306 e. The molecule has 0 aromatic heterocycles. The summed E-state index contributed by atoms with van der Waals surface area (Å²) in [5, 5.41) is 0. The van der Waals surface area contributed by atoms with Gasteiger partial charge < -0.3 is 10.5 Å². The average molecular weight is 211 g/mol. The number of rotatable bonds is 4. The van der Waals surface area contributed by atoms with Gasteiger partial charge in [-0.3, -0.25) is 4.79 Å². The molecule has 2 N–H and O–H groups in total. The van der Waals surface area contributed by atoms with Crippen molar-refractivity contribution in [2.45, 2.75) is 12.3 Å². The summed E-state index contributed by atoms with van der Waals surface area (Å²) in [6.45, 7) is 0.334. The molecule has 0 bridgehead atoms. The summed E-state index contributed by atoms with van der Waals surface area (Å²) in [6.07, 6.45) is 0.221. The van der Waals surface area contributed by atoms with E-state index in [9.17, 15) is 9.18 Å². The Morgan fingerprint density at radius 1 is 1.47 bits per heavy atom. The highest BCUT2D eigenvalue weighted by Gasteiger charge is 2.14. The molecule has 0 saturated heterocycles. The van der Waals surface area contributed by atoms with Gasteiger partial charge in [0.25, 0.3) is 0 Å². The molecule has 3 nitrogen and oxygen atoms in total. The Kier molecular flexibility index (Phi) is 4.24. The molecule has 0 amide bonds. The van der Waals surface area contributed by atoms with E-state index in [1.165, 1.54) is 19.2 Å². The Labute approximate surface area is 88.0 Å². The van der Waals surface area contributed by atoms with Crippen LogP contribution in [0.5, 0.6) is 0 Å². The lowest BCUT2D eigenvalue weighted by molar-refractivity contribution is -0.141. The van der Waals surface area contributed by atoms with Crippen LogP contribution in [0.4, 0.5) is 4.39 Å². The summed E-state index contributed by atoms with van der Waals surface area (Å²) in [4.78, 5) is 11.1. The SMILES string of the molecule is COC(=O)C[C@H](CN)c1ccc(F)cc1. The molecule has 0 saturated carbocycles. The second kappa shape index (κ2) is 5.46. The molecule has 1 aromatic carbocycles. The number of hydrogen-bond acceptors (Lipinski definition) is 3. The molecular formula is C11H14FNO2. The first-order valence-electron chi connectivity index (χ1n) is 4.69. The van der Waals surface area contributed by atoms with Crippen LogP contribution < -0.4 is 5.73 Å². The lowest BCUT2D eigenvalue weighted by Gasteiger charge is -2.13. The van der Waals surface area contributed by atoms with Gasteiger partial charge in [0.15, 0.2) is 0 Å². The van der Waals surface area contributed by atoms with Crippen LogP contribution >= 0.6 is 0 Å². The predicted octanol–water partition coefficient (Wildman–Crippen LogP) is 1.43. The van der Waals surface area contributed by atoms with E-state index < -0.39 is 0 Å². The summed E-state index contributed by atoms with van der Waals surface area (Å²) >= 11 is 0. The van der Waals surface area contributed by atoms with Crippen molar-refractivity contribution < 1.29 is 13.9 Å². The van der Waals surface area contributed by atoms with E-state index in [0.29, 0.717) is 6.54 Å². The number of ether oxygens (including phenoxy) is 1. The van der Waals surface area contributed by atoms with Gasteiger partial charge in [0, 0.05) is 5.92 Å². The van der Waals surface area contributed by atoms with Crippen LogP contribution in [0.15, 0.2) is 24.3 Å². The number of halogens is 1. The molecule has 1 rings (SSSR count). The number of carbonyl (C=O) groups excluding carboxylic acids is 1. The standard InChI is InChI=1S/C11H14FNO2/c1-15-11(14)6-9(7-13)8-2-4-10(12)5-3-8/h2-5,9H,6-7,13H2,1H3/t9-/m1/s1. The highest BCUT2D eigenvalue weighted by atomic mass is 19.1. The minimum atomic E-state index is -0.310. The lowest BCUT2D eigenvalue weighted by atomic mass is 9.96.